The molecule has 16 heavy (non-hydrogen) atoms. The minimum atomic E-state index is -3.17. The van der Waals surface area contributed by atoms with E-state index in [0.29, 0.717) is 13.1 Å². The minimum absolute atomic E-state index is 0.495. The molecule has 0 saturated heterocycles. The van der Waals surface area contributed by atoms with E-state index in [1.165, 1.54) is 0 Å². The van der Waals surface area contributed by atoms with Crippen molar-refractivity contribution in [2.75, 3.05) is 12.8 Å². The van der Waals surface area contributed by atoms with Gasteiger partial charge in [0.15, 0.2) is 0 Å². The molecule has 0 bridgehead atoms. The smallest absolute Gasteiger partial charge is 0.209 e. The maximum absolute atomic E-state index is 11.1. The molecule has 5 nitrogen and oxygen atoms in total. The minimum Gasteiger partial charge on any atom is -0.309 e. The average Bonchev–Trinajstić information content (AvgIpc) is 2.51. The standard InChI is InChI=1S/C9H17N3O2S2/c1-9(2,12-16(3,13)14)7-10-6-8-11-4-5-15-8/h4-5,10,12H,6-7H2,1-3H3. The van der Waals surface area contributed by atoms with E-state index in [1.54, 1.807) is 17.5 Å². The number of nitrogens with zero attached hydrogens (tertiary/aromatic N) is 1. The highest BCUT2D eigenvalue weighted by atomic mass is 32.2. The van der Waals surface area contributed by atoms with Crippen molar-refractivity contribution in [3.63, 3.8) is 0 Å². The largest absolute Gasteiger partial charge is 0.309 e. The molecule has 0 fully saturated rings. The highest BCUT2D eigenvalue weighted by Crippen LogP contribution is 2.05. The van der Waals surface area contributed by atoms with Crippen LogP contribution in [0.2, 0.25) is 0 Å². The SMILES string of the molecule is CC(C)(CNCc1nccs1)NS(C)(=O)=O. The molecule has 0 aliphatic rings. The Balaban J connectivity index is 2.36. The normalized spacial score (nSPS) is 12.9. The van der Waals surface area contributed by atoms with Gasteiger partial charge in [0, 0.05) is 30.2 Å². The third-order valence-corrected chi connectivity index (χ3v) is 3.49. The van der Waals surface area contributed by atoms with Gasteiger partial charge < -0.3 is 5.32 Å². The third-order valence-electron chi connectivity index (χ3n) is 1.79. The summed E-state index contributed by atoms with van der Waals surface area (Å²) in [5.74, 6) is 0. The molecule has 1 rings (SSSR count). The van der Waals surface area contributed by atoms with E-state index >= 15 is 0 Å². The Hall–Kier alpha value is -0.500. The molecule has 0 amide bonds. The molecular weight excluding hydrogens is 246 g/mol. The molecule has 1 heterocycles. The second-order valence-electron chi connectivity index (χ2n) is 4.29. The summed E-state index contributed by atoms with van der Waals surface area (Å²) in [6.45, 7) is 4.89. The number of hydrogen-bond acceptors (Lipinski definition) is 5. The Morgan fingerprint density at radius 1 is 1.50 bits per heavy atom. The zero-order valence-corrected chi connectivity index (χ0v) is 11.3. The Labute approximate surface area is 100 Å². The van der Waals surface area contributed by atoms with E-state index < -0.39 is 15.6 Å². The van der Waals surface area contributed by atoms with E-state index in [-0.39, 0.29) is 0 Å². The van der Waals surface area contributed by atoms with Gasteiger partial charge in [-0.15, -0.1) is 11.3 Å². The highest BCUT2D eigenvalue weighted by Gasteiger charge is 2.21. The van der Waals surface area contributed by atoms with Crippen molar-refractivity contribution in [2.24, 2.45) is 0 Å². The monoisotopic (exact) mass is 263 g/mol. The van der Waals surface area contributed by atoms with Gasteiger partial charge in [-0.25, -0.2) is 18.1 Å². The van der Waals surface area contributed by atoms with Gasteiger partial charge in [0.1, 0.15) is 5.01 Å². The van der Waals surface area contributed by atoms with Crippen LogP contribution in [0.15, 0.2) is 11.6 Å². The maximum Gasteiger partial charge on any atom is 0.209 e. The van der Waals surface area contributed by atoms with Crippen molar-refractivity contribution in [3.8, 4) is 0 Å². The van der Waals surface area contributed by atoms with Gasteiger partial charge in [-0.2, -0.15) is 0 Å². The number of thiazole rings is 1. The van der Waals surface area contributed by atoms with Gasteiger partial charge in [-0.3, -0.25) is 0 Å². The number of sulfonamides is 1. The van der Waals surface area contributed by atoms with Crippen LogP contribution in [0.4, 0.5) is 0 Å². The third kappa shape index (κ3) is 5.55. The van der Waals surface area contributed by atoms with E-state index in [4.69, 9.17) is 0 Å². The molecule has 1 aromatic heterocycles. The molecule has 0 radical (unpaired) electrons. The summed E-state index contributed by atoms with van der Waals surface area (Å²) in [6, 6.07) is 0. The first-order valence-electron chi connectivity index (χ1n) is 4.86. The molecule has 2 N–H and O–H groups in total. The van der Waals surface area contributed by atoms with Crippen molar-refractivity contribution in [2.45, 2.75) is 25.9 Å². The van der Waals surface area contributed by atoms with Crippen LogP contribution in [0, 0.1) is 0 Å². The van der Waals surface area contributed by atoms with Crippen LogP contribution in [-0.2, 0) is 16.6 Å². The summed E-state index contributed by atoms with van der Waals surface area (Å²) >= 11 is 1.57. The Morgan fingerprint density at radius 2 is 2.19 bits per heavy atom. The molecule has 0 saturated carbocycles. The average molecular weight is 263 g/mol. The fraction of sp³-hybridized carbons (Fsp3) is 0.667. The highest BCUT2D eigenvalue weighted by molar-refractivity contribution is 7.88. The van der Waals surface area contributed by atoms with Crippen LogP contribution in [0.1, 0.15) is 18.9 Å². The lowest BCUT2D eigenvalue weighted by Crippen LogP contribution is -2.49. The number of hydrogen-bond donors (Lipinski definition) is 2. The van der Waals surface area contributed by atoms with Gasteiger partial charge >= 0.3 is 0 Å². The van der Waals surface area contributed by atoms with E-state index in [0.717, 1.165) is 11.3 Å². The van der Waals surface area contributed by atoms with Crippen molar-refractivity contribution in [1.29, 1.82) is 0 Å². The lowest BCUT2D eigenvalue weighted by Gasteiger charge is -2.25. The van der Waals surface area contributed by atoms with Crippen molar-refractivity contribution in [3.05, 3.63) is 16.6 Å². The van der Waals surface area contributed by atoms with Crippen molar-refractivity contribution in [1.82, 2.24) is 15.0 Å². The summed E-state index contributed by atoms with van der Waals surface area (Å²) < 4.78 is 24.7. The first-order chi connectivity index (χ1) is 7.29. The predicted molar refractivity (Wildman–Crippen MR) is 65.9 cm³/mol. The topological polar surface area (TPSA) is 71.1 Å². The first kappa shape index (κ1) is 13.6. The van der Waals surface area contributed by atoms with Crippen LogP contribution < -0.4 is 10.0 Å². The Morgan fingerprint density at radius 3 is 2.69 bits per heavy atom. The number of rotatable bonds is 6. The molecule has 0 aromatic carbocycles. The zero-order chi connectivity index (χ0) is 12.2. The first-order valence-corrected chi connectivity index (χ1v) is 7.64. The molecule has 0 unspecified atom stereocenters. The van der Waals surface area contributed by atoms with E-state index in [2.05, 4.69) is 15.0 Å². The zero-order valence-electron chi connectivity index (χ0n) is 9.65. The number of aromatic nitrogens is 1. The van der Waals surface area contributed by atoms with Gasteiger partial charge in [-0.1, -0.05) is 0 Å². The van der Waals surface area contributed by atoms with Gasteiger partial charge in [0.25, 0.3) is 0 Å². The molecular formula is C9H17N3O2S2. The summed E-state index contributed by atoms with van der Waals surface area (Å²) in [6.07, 6.45) is 2.91. The molecule has 0 aliphatic heterocycles. The lowest BCUT2D eigenvalue weighted by molar-refractivity contribution is 0.421. The fourth-order valence-electron chi connectivity index (χ4n) is 1.36. The summed E-state index contributed by atoms with van der Waals surface area (Å²) in [5, 5.41) is 6.08. The predicted octanol–water partition coefficient (Wildman–Crippen LogP) is 0.561. The van der Waals surface area contributed by atoms with Crippen LogP contribution in [-0.4, -0.2) is 31.7 Å². The van der Waals surface area contributed by atoms with Gasteiger partial charge in [0.2, 0.25) is 10.0 Å². The van der Waals surface area contributed by atoms with Crippen LogP contribution >= 0.6 is 11.3 Å². The van der Waals surface area contributed by atoms with E-state index in [9.17, 15) is 8.42 Å². The molecule has 7 heteroatoms. The number of nitrogens with one attached hydrogen (secondary N) is 2. The molecule has 92 valence electrons. The van der Waals surface area contributed by atoms with Gasteiger partial charge in [-0.05, 0) is 13.8 Å². The summed E-state index contributed by atoms with van der Waals surface area (Å²) in [5.41, 5.74) is -0.495. The van der Waals surface area contributed by atoms with Crippen LogP contribution in [0.5, 0.6) is 0 Å². The Kier molecular flexibility index (Phi) is 4.43. The lowest BCUT2D eigenvalue weighted by atomic mass is 10.1. The molecule has 1 aromatic rings. The summed E-state index contributed by atoms with van der Waals surface area (Å²) in [7, 11) is -3.17. The van der Waals surface area contributed by atoms with Gasteiger partial charge in [0.05, 0.1) is 6.26 Å². The molecule has 0 atom stereocenters. The molecule has 0 aliphatic carbocycles. The van der Waals surface area contributed by atoms with Crippen LogP contribution in [0.3, 0.4) is 0 Å². The maximum atomic E-state index is 11.1. The van der Waals surface area contributed by atoms with Crippen LogP contribution in [0.25, 0.3) is 0 Å². The quantitative estimate of drug-likeness (QED) is 0.787. The Bertz CT molecular complexity index is 412. The molecule has 0 spiro atoms. The second-order valence-corrected chi connectivity index (χ2v) is 7.02. The second kappa shape index (κ2) is 5.22. The van der Waals surface area contributed by atoms with E-state index in [1.807, 2.05) is 19.2 Å². The summed E-state index contributed by atoms with van der Waals surface area (Å²) in [4.78, 5) is 4.13. The van der Waals surface area contributed by atoms with Crippen molar-refractivity contribution < 1.29 is 8.42 Å². The fourth-order valence-corrected chi connectivity index (χ4v) is 3.02. The van der Waals surface area contributed by atoms with Crippen molar-refractivity contribution >= 4 is 21.4 Å².